The Morgan fingerprint density at radius 1 is 1.24 bits per heavy atom. The Kier molecular flexibility index (Phi) is 4.89. The standard InChI is InChI=1S/C15H19N5S/c1-2-13(11-16-4-1)3-5-17-14-10-15(19-12-18-14)20-6-8-21-9-7-20/h1-2,4,10-12H,3,5-9H2,(H,17,18,19). The summed E-state index contributed by atoms with van der Waals surface area (Å²) in [5.41, 5.74) is 1.23. The second-order valence-electron chi connectivity index (χ2n) is 4.90. The van der Waals surface area contributed by atoms with Crippen molar-refractivity contribution in [3.63, 3.8) is 0 Å². The lowest BCUT2D eigenvalue weighted by Crippen LogP contribution is -2.33. The molecule has 3 rings (SSSR count). The number of hydrogen-bond acceptors (Lipinski definition) is 6. The molecule has 0 bridgehead atoms. The number of anilines is 2. The van der Waals surface area contributed by atoms with Crippen molar-refractivity contribution in [3.05, 3.63) is 42.5 Å². The fraction of sp³-hybridized carbons (Fsp3) is 0.400. The molecule has 110 valence electrons. The first-order chi connectivity index (χ1) is 10.4. The Morgan fingerprint density at radius 2 is 2.14 bits per heavy atom. The lowest BCUT2D eigenvalue weighted by atomic mass is 10.2. The molecule has 21 heavy (non-hydrogen) atoms. The third-order valence-corrected chi connectivity index (χ3v) is 4.37. The SMILES string of the molecule is c1cncc(CCNc2cc(N3CCSCC3)ncn2)c1. The second kappa shape index (κ2) is 7.26. The van der Waals surface area contributed by atoms with Crippen LogP contribution in [0.25, 0.3) is 0 Å². The summed E-state index contributed by atoms with van der Waals surface area (Å²) < 4.78 is 0. The van der Waals surface area contributed by atoms with Gasteiger partial charge in [0.1, 0.15) is 18.0 Å². The maximum atomic E-state index is 4.38. The molecule has 1 saturated heterocycles. The number of nitrogens with zero attached hydrogens (tertiary/aromatic N) is 4. The number of pyridine rings is 1. The molecule has 6 heteroatoms. The summed E-state index contributed by atoms with van der Waals surface area (Å²) in [5.74, 6) is 4.26. The minimum absolute atomic E-state index is 0.845. The van der Waals surface area contributed by atoms with Crippen LogP contribution in [-0.2, 0) is 6.42 Å². The molecule has 1 aliphatic heterocycles. The van der Waals surface area contributed by atoms with Crippen LogP contribution >= 0.6 is 11.8 Å². The number of thioether (sulfide) groups is 1. The van der Waals surface area contributed by atoms with Crippen molar-refractivity contribution in [3.8, 4) is 0 Å². The van der Waals surface area contributed by atoms with Gasteiger partial charge in [-0.2, -0.15) is 11.8 Å². The van der Waals surface area contributed by atoms with Gasteiger partial charge in [-0.1, -0.05) is 6.07 Å². The monoisotopic (exact) mass is 301 g/mol. The Balaban J connectivity index is 1.55. The van der Waals surface area contributed by atoms with Crippen LogP contribution in [0, 0.1) is 0 Å². The van der Waals surface area contributed by atoms with E-state index >= 15 is 0 Å². The third-order valence-electron chi connectivity index (χ3n) is 3.43. The molecule has 1 aliphatic rings. The van der Waals surface area contributed by atoms with Crippen molar-refractivity contribution in [1.82, 2.24) is 15.0 Å². The minimum Gasteiger partial charge on any atom is -0.370 e. The first kappa shape index (κ1) is 14.1. The van der Waals surface area contributed by atoms with E-state index in [4.69, 9.17) is 0 Å². The summed E-state index contributed by atoms with van der Waals surface area (Å²) in [4.78, 5) is 15.1. The summed E-state index contributed by atoms with van der Waals surface area (Å²) in [5, 5.41) is 3.36. The van der Waals surface area contributed by atoms with Crippen molar-refractivity contribution < 1.29 is 0 Å². The molecule has 0 atom stereocenters. The number of rotatable bonds is 5. The van der Waals surface area contributed by atoms with Crippen LogP contribution < -0.4 is 10.2 Å². The van der Waals surface area contributed by atoms with Gasteiger partial charge in [0, 0.05) is 49.6 Å². The van der Waals surface area contributed by atoms with Gasteiger partial charge in [0.15, 0.2) is 0 Å². The van der Waals surface area contributed by atoms with Gasteiger partial charge >= 0.3 is 0 Å². The maximum Gasteiger partial charge on any atom is 0.134 e. The van der Waals surface area contributed by atoms with Gasteiger partial charge in [-0.25, -0.2) is 9.97 Å². The zero-order valence-corrected chi connectivity index (χ0v) is 12.7. The summed E-state index contributed by atoms with van der Waals surface area (Å²) in [6, 6.07) is 6.09. The predicted molar refractivity (Wildman–Crippen MR) is 88.0 cm³/mol. The van der Waals surface area contributed by atoms with Crippen molar-refractivity contribution in [2.45, 2.75) is 6.42 Å². The fourth-order valence-corrected chi connectivity index (χ4v) is 3.19. The topological polar surface area (TPSA) is 53.9 Å². The molecule has 0 saturated carbocycles. The maximum absolute atomic E-state index is 4.38. The molecule has 0 radical (unpaired) electrons. The van der Waals surface area contributed by atoms with E-state index in [1.807, 2.05) is 30.1 Å². The van der Waals surface area contributed by atoms with Gasteiger partial charge in [-0.3, -0.25) is 4.98 Å². The summed E-state index contributed by atoms with van der Waals surface area (Å²) in [7, 11) is 0. The van der Waals surface area contributed by atoms with Crippen molar-refractivity contribution in [1.29, 1.82) is 0 Å². The smallest absolute Gasteiger partial charge is 0.134 e. The Labute approximate surface area is 129 Å². The van der Waals surface area contributed by atoms with Crippen LogP contribution in [0.2, 0.25) is 0 Å². The number of aromatic nitrogens is 3. The average Bonchev–Trinajstić information content (AvgIpc) is 2.57. The van der Waals surface area contributed by atoms with Crippen LogP contribution in [0.1, 0.15) is 5.56 Å². The molecule has 0 unspecified atom stereocenters. The highest BCUT2D eigenvalue weighted by atomic mass is 32.2. The Morgan fingerprint density at radius 3 is 2.95 bits per heavy atom. The highest BCUT2D eigenvalue weighted by Crippen LogP contribution is 2.18. The van der Waals surface area contributed by atoms with E-state index in [9.17, 15) is 0 Å². The third kappa shape index (κ3) is 4.07. The largest absolute Gasteiger partial charge is 0.370 e. The van der Waals surface area contributed by atoms with Crippen molar-refractivity contribution in [2.75, 3.05) is 41.4 Å². The molecular formula is C15H19N5S. The predicted octanol–water partition coefficient (Wildman–Crippen LogP) is 2.08. The summed E-state index contributed by atoms with van der Waals surface area (Å²) >= 11 is 2.00. The zero-order chi connectivity index (χ0) is 14.3. The van der Waals surface area contributed by atoms with Crippen molar-refractivity contribution in [2.24, 2.45) is 0 Å². The lowest BCUT2D eigenvalue weighted by Gasteiger charge is -2.27. The van der Waals surface area contributed by atoms with E-state index in [0.29, 0.717) is 0 Å². The van der Waals surface area contributed by atoms with Crippen LogP contribution in [0.5, 0.6) is 0 Å². The van der Waals surface area contributed by atoms with Gasteiger partial charge in [-0.15, -0.1) is 0 Å². The molecule has 0 aromatic carbocycles. The molecular weight excluding hydrogens is 282 g/mol. The van der Waals surface area contributed by atoms with Crippen LogP contribution in [0.15, 0.2) is 36.9 Å². The molecule has 0 spiro atoms. The second-order valence-corrected chi connectivity index (χ2v) is 6.12. The fourth-order valence-electron chi connectivity index (χ4n) is 2.29. The molecule has 2 aromatic rings. The number of nitrogens with one attached hydrogen (secondary N) is 1. The molecule has 2 aromatic heterocycles. The van der Waals surface area contributed by atoms with E-state index in [-0.39, 0.29) is 0 Å². The first-order valence-corrected chi connectivity index (χ1v) is 8.35. The van der Waals surface area contributed by atoms with Gasteiger partial charge in [-0.05, 0) is 18.1 Å². The molecule has 3 heterocycles. The van der Waals surface area contributed by atoms with Crippen LogP contribution in [-0.4, -0.2) is 46.1 Å². The summed E-state index contributed by atoms with van der Waals surface area (Å²) in [6.07, 6.45) is 6.28. The van der Waals surface area contributed by atoms with Gasteiger partial charge in [0.05, 0.1) is 0 Å². The van der Waals surface area contributed by atoms with Crippen LogP contribution in [0.4, 0.5) is 11.6 Å². The normalized spacial score (nSPS) is 15.0. The minimum atomic E-state index is 0.845. The molecule has 0 aliphatic carbocycles. The van der Waals surface area contributed by atoms with Gasteiger partial charge in [0.25, 0.3) is 0 Å². The van der Waals surface area contributed by atoms with E-state index in [1.54, 1.807) is 12.5 Å². The van der Waals surface area contributed by atoms with Gasteiger partial charge in [0.2, 0.25) is 0 Å². The van der Waals surface area contributed by atoms with Crippen molar-refractivity contribution >= 4 is 23.4 Å². The zero-order valence-electron chi connectivity index (χ0n) is 11.9. The highest BCUT2D eigenvalue weighted by Gasteiger charge is 2.12. The molecule has 1 N–H and O–H groups in total. The molecule has 1 fully saturated rings. The Hall–Kier alpha value is -1.82. The quantitative estimate of drug-likeness (QED) is 0.912. The highest BCUT2D eigenvalue weighted by molar-refractivity contribution is 7.99. The summed E-state index contributed by atoms with van der Waals surface area (Å²) in [6.45, 7) is 2.98. The molecule has 5 nitrogen and oxygen atoms in total. The van der Waals surface area contributed by atoms with Gasteiger partial charge < -0.3 is 10.2 Å². The first-order valence-electron chi connectivity index (χ1n) is 7.19. The molecule has 0 amide bonds. The van der Waals surface area contributed by atoms with E-state index < -0.39 is 0 Å². The van der Waals surface area contributed by atoms with E-state index in [0.717, 1.165) is 37.7 Å². The number of hydrogen-bond donors (Lipinski definition) is 1. The Bertz CT molecular complexity index is 557. The lowest BCUT2D eigenvalue weighted by molar-refractivity contribution is 0.834. The van der Waals surface area contributed by atoms with E-state index in [1.165, 1.54) is 17.1 Å². The van der Waals surface area contributed by atoms with E-state index in [2.05, 4.69) is 31.2 Å². The average molecular weight is 301 g/mol. The van der Waals surface area contributed by atoms with Crippen LogP contribution in [0.3, 0.4) is 0 Å².